The molecule has 0 spiro atoms. The third-order valence-electron chi connectivity index (χ3n) is 3.03. The van der Waals surface area contributed by atoms with Gasteiger partial charge in [-0.25, -0.2) is 0 Å². The summed E-state index contributed by atoms with van der Waals surface area (Å²) in [5.41, 5.74) is 3.01. The van der Waals surface area contributed by atoms with Gasteiger partial charge in [0.2, 0.25) is 0 Å². The average molecular weight is 271 g/mol. The van der Waals surface area contributed by atoms with E-state index in [4.69, 9.17) is 4.74 Å². The van der Waals surface area contributed by atoms with Crippen molar-refractivity contribution in [1.82, 2.24) is 0 Å². The van der Waals surface area contributed by atoms with Gasteiger partial charge in [-0.2, -0.15) is 0 Å². The van der Waals surface area contributed by atoms with Crippen molar-refractivity contribution >= 4 is 23.4 Å². The molecule has 2 aromatic rings. The van der Waals surface area contributed by atoms with Crippen molar-refractivity contribution in [2.24, 2.45) is 0 Å². The van der Waals surface area contributed by atoms with Gasteiger partial charge in [0, 0.05) is 4.90 Å². The van der Waals surface area contributed by atoms with Crippen LogP contribution in [0.3, 0.4) is 0 Å². The molecule has 0 atom stereocenters. The molecule has 0 unspecified atom stereocenters. The van der Waals surface area contributed by atoms with E-state index in [2.05, 4.69) is 23.7 Å². The van der Waals surface area contributed by atoms with Crippen LogP contribution in [0.4, 0.5) is 5.69 Å². The number of nitrogens with one attached hydrogen (secondary N) is 1. The number of fused-ring (bicyclic) bond motifs is 1. The van der Waals surface area contributed by atoms with E-state index in [1.165, 1.54) is 10.5 Å². The summed E-state index contributed by atoms with van der Waals surface area (Å²) in [6.07, 6.45) is 2.06. The molecule has 1 aliphatic heterocycles. The highest BCUT2D eigenvalue weighted by Crippen LogP contribution is 2.36. The Balaban J connectivity index is 2.05. The van der Waals surface area contributed by atoms with E-state index in [9.17, 15) is 4.79 Å². The summed E-state index contributed by atoms with van der Waals surface area (Å²) in [7, 11) is 0. The topological polar surface area (TPSA) is 38.3 Å². The Labute approximate surface area is 116 Å². The van der Waals surface area contributed by atoms with Gasteiger partial charge in [0.25, 0.3) is 5.91 Å². The normalized spacial score (nSPS) is 13.4. The summed E-state index contributed by atoms with van der Waals surface area (Å²) in [5, 5.41) is 2.80. The molecule has 1 heterocycles. The monoisotopic (exact) mass is 271 g/mol. The van der Waals surface area contributed by atoms with Crippen molar-refractivity contribution < 1.29 is 9.53 Å². The Bertz CT molecular complexity index is 640. The van der Waals surface area contributed by atoms with E-state index in [0.717, 1.165) is 17.0 Å². The first-order chi connectivity index (χ1) is 9.28. The molecule has 0 aromatic heterocycles. The summed E-state index contributed by atoms with van der Waals surface area (Å²) in [5.74, 6) is 0.623. The first-order valence-electron chi connectivity index (χ1n) is 5.98. The largest absolute Gasteiger partial charge is 0.482 e. The van der Waals surface area contributed by atoms with Crippen molar-refractivity contribution in [3.05, 3.63) is 42.5 Å². The lowest BCUT2D eigenvalue weighted by Gasteiger charge is -2.19. The van der Waals surface area contributed by atoms with Gasteiger partial charge < -0.3 is 10.1 Å². The molecule has 0 aliphatic carbocycles. The minimum atomic E-state index is -0.107. The number of carbonyl (C=O) groups is 1. The minimum absolute atomic E-state index is 0.0840. The lowest BCUT2D eigenvalue weighted by atomic mass is 10.0. The Morgan fingerprint density at radius 2 is 2.05 bits per heavy atom. The highest BCUT2D eigenvalue weighted by Gasteiger charge is 2.16. The van der Waals surface area contributed by atoms with E-state index < -0.39 is 0 Å². The molecule has 3 rings (SSSR count). The lowest BCUT2D eigenvalue weighted by molar-refractivity contribution is -0.118. The second-order valence-electron chi connectivity index (χ2n) is 4.25. The highest BCUT2D eigenvalue weighted by atomic mass is 32.2. The van der Waals surface area contributed by atoms with Crippen LogP contribution in [0.2, 0.25) is 0 Å². The lowest BCUT2D eigenvalue weighted by Crippen LogP contribution is -2.25. The maximum atomic E-state index is 11.2. The molecule has 0 fully saturated rings. The van der Waals surface area contributed by atoms with Crippen LogP contribution < -0.4 is 10.1 Å². The molecular weight excluding hydrogens is 258 g/mol. The Hall–Kier alpha value is -1.94. The first-order valence-corrected chi connectivity index (χ1v) is 7.20. The van der Waals surface area contributed by atoms with Crippen LogP contribution in [0.5, 0.6) is 5.75 Å². The fraction of sp³-hybridized carbons (Fsp3) is 0.133. The predicted molar refractivity (Wildman–Crippen MR) is 77.8 cm³/mol. The smallest absolute Gasteiger partial charge is 0.262 e. The van der Waals surface area contributed by atoms with Crippen molar-refractivity contribution in [3.63, 3.8) is 0 Å². The number of benzene rings is 2. The summed E-state index contributed by atoms with van der Waals surface area (Å²) >= 11 is 1.72. The molecule has 96 valence electrons. The molecule has 1 amide bonds. The van der Waals surface area contributed by atoms with Gasteiger partial charge in [0.05, 0.1) is 5.69 Å². The zero-order chi connectivity index (χ0) is 13.2. The van der Waals surface area contributed by atoms with Gasteiger partial charge >= 0.3 is 0 Å². The Morgan fingerprint density at radius 1 is 1.21 bits per heavy atom. The molecule has 0 bridgehead atoms. The molecule has 3 nitrogen and oxygen atoms in total. The van der Waals surface area contributed by atoms with Crippen LogP contribution >= 0.6 is 11.8 Å². The third kappa shape index (κ3) is 2.31. The molecule has 1 aliphatic rings. The fourth-order valence-electron chi connectivity index (χ4n) is 2.13. The van der Waals surface area contributed by atoms with Gasteiger partial charge in [-0.15, -0.1) is 11.8 Å². The van der Waals surface area contributed by atoms with Crippen molar-refractivity contribution in [3.8, 4) is 16.9 Å². The molecule has 0 saturated carbocycles. The van der Waals surface area contributed by atoms with Crippen LogP contribution in [-0.2, 0) is 4.79 Å². The summed E-state index contributed by atoms with van der Waals surface area (Å²) < 4.78 is 5.45. The number of carbonyl (C=O) groups excluding carboxylic acids is 1. The van der Waals surface area contributed by atoms with Crippen LogP contribution in [0, 0.1) is 0 Å². The molecule has 19 heavy (non-hydrogen) atoms. The maximum Gasteiger partial charge on any atom is 0.262 e. The van der Waals surface area contributed by atoms with E-state index in [-0.39, 0.29) is 12.5 Å². The SMILES string of the molecule is CSc1ccccc1-c1ccc2c(c1)OCC(=O)N2. The second kappa shape index (κ2) is 4.97. The Kier molecular flexibility index (Phi) is 3.17. The second-order valence-corrected chi connectivity index (χ2v) is 5.10. The summed E-state index contributed by atoms with van der Waals surface area (Å²) in [6.45, 7) is 0.0840. The number of amides is 1. The number of rotatable bonds is 2. The quantitative estimate of drug-likeness (QED) is 0.851. The average Bonchev–Trinajstić information content (AvgIpc) is 2.46. The van der Waals surface area contributed by atoms with Crippen molar-refractivity contribution in [2.75, 3.05) is 18.2 Å². The fourth-order valence-corrected chi connectivity index (χ4v) is 2.75. The number of ether oxygens (including phenoxy) is 1. The molecule has 0 saturated heterocycles. The number of anilines is 1. The number of hydrogen-bond donors (Lipinski definition) is 1. The predicted octanol–water partition coefficient (Wildman–Crippen LogP) is 3.41. The van der Waals surface area contributed by atoms with Crippen LogP contribution in [0.25, 0.3) is 11.1 Å². The first kappa shape index (κ1) is 12.1. The van der Waals surface area contributed by atoms with Crippen LogP contribution in [0.1, 0.15) is 0 Å². The van der Waals surface area contributed by atoms with Gasteiger partial charge in [0.15, 0.2) is 6.61 Å². The molecular formula is C15H13NO2S. The molecule has 0 radical (unpaired) electrons. The van der Waals surface area contributed by atoms with Crippen molar-refractivity contribution in [1.29, 1.82) is 0 Å². The van der Waals surface area contributed by atoms with Crippen LogP contribution in [0.15, 0.2) is 47.4 Å². The van der Waals surface area contributed by atoms with Crippen LogP contribution in [-0.4, -0.2) is 18.8 Å². The van der Waals surface area contributed by atoms with E-state index in [0.29, 0.717) is 0 Å². The number of thioether (sulfide) groups is 1. The van der Waals surface area contributed by atoms with Gasteiger partial charge in [-0.1, -0.05) is 24.3 Å². The van der Waals surface area contributed by atoms with E-state index in [1.54, 1.807) is 11.8 Å². The van der Waals surface area contributed by atoms with Gasteiger partial charge in [-0.05, 0) is 35.6 Å². The minimum Gasteiger partial charge on any atom is -0.482 e. The summed E-state index contributed by atoms with van der Waals surface area (Å²) in [4.78, 5) is 12.5. The number of hydrogen-bond acceptors (Lipinski definition) is 3. The molecule has 4 heteroatoms. The van der Waals surface area contributed by atoms with E-state index in [1.807, 2.05) is 30.3 Å². The zero-order valence-electron chi connectivity index (χ0n) is 10.5. The summed E-state index contributed by atoms with van der Waals surface area (Å²) in [6, 6.07) is 14.1. The van der Waals surface area contributed by atoms with Gasteiger partial charge in [-0.3, -0.25) is 4.79 Å². The Morgan fingerprint density at radius 3 is 2.89 bits per heavy atom. The maximum absolute atomic E-state index is 11.2. The zero-order valence-corrected chi connectivity index (χ0v) is 11.3. The molecule has 1 N–H and O–H groups in total. The highest BCUT2D eigenvalue weighted by molar-refractivity contribution is 7.98. The van der Waals surface area contributed by atoms with E-state index >= 15 is 0 Å². The van der Waals surface area contributed by atoms with Crippen molar-refractivity contribution in [2.45, 2.75) is 4.90 Å². The standard InChI is InChI=1S/C15H13NO2S/c1-19-14-5-3-2-4-11(14)10-6-7-12-13(8-10)18-9-15(17)16-12/h2-8H,9H2,1H3,(H,16,17). The molecule has 2 aromatic carbocycles. The van der Waals surface area contributed by atoms with Gasteiger partial charge in [0.1, 0.15) is 5.75 Å². The third-order valence-corrected chi connectivity index (χ3v) is 3.83.